The lowest BCUT2D eigenvalue weighted by molar-refractivity contribution is -0.115. The third kappa shape index (κ3) is 4.48. The Kier molecular flexibility index (Phi) is 5.62. The lowest BCUT2D eigenvalue weighted by Crippen LogP contribution is -2.16. The molecule has 3 heterocycles. The highest BCUT2D eigenvalue weighted by Gasteiger charge is 2.22. The number of hydrogen-bond acceptors (Lipinski definition) is 5. The number of nitrogens with zero attached hydrogens (tertiary/aromatic N) is 5. The van der Waals surface area contributed by atoms with Crippen LogP contribution in [-0.4, -0.2) is 35.6 Å². The highest BCUT2D eigenvalue weighted by molar-refractivity contribution is 5.97. The molecule has 1 aliphatic rings. The van der Waals surface area contributed by atoms with Gasteiger partial charge in [-0.25, -0.2) is 19.3 Å². The minimum atomic E-state index is -0.396. The zero-order valence-electron chi connectivity index (χ0n) is 18.7. The van der Waals surface area contributed by atoms with Gasteiger partial charge >= 0.3 is 0 Å². The zero-order chi connectivity index (χ0) is 22.9. The number of rotatable bonds is 6. The van der Waals surface area contributed by atoms with Gasteiger partial charge in [0.25, 0.3) is 0 Å². The second-order valence-electron chi connectivity index (χ2n) is 8.90. The molecule has 0 aliphatic heterocycles. The predicted molar refractivity (Wildman–Crippen MR) is 123 cm³/mol. The highest BCUT2D eigenvalue weighted by atomic mass is 19.1. The van der Waals surface area contributed by atoms with Gasteiger partial charge in [-0.15, -0.1) is 0 Å². The molecule has 1 saturated carbocycles. The van der Waals surface area contributed by atoms with Gasteiger partial charge in [0.2, 0.25) is 5.91 Å². The lowest BCUT2D eigenvalue weighted by atomic mass is 10.0. The molecule has 0 unspecified atom stereocenters. The van der Waals surface area contributed by atoms with E-state index in [1.807, 2.05) is 30.8 Å². The molecule has 33 heavy (non-hydrogen) atoms. The van der Waals surface area contributed by atoms with E-state index in [0.717, 1.165) is 24.2 Å². The largest absolute Gasteiger partial charge is 0.337 e. The second-order valence-corrected chi connectivity index (χ2v) is 8.90. The van der Waals surface area contributed by atoms with Gasteiger partial charge in [0.1, 0.15) is 23.5 Å². The van der Waals surface area contributed by atoms with Gasteiger partial charge in [-0.2, -0.15) is 5.10 Å². The van der Waals surface area contributed by atoms with Crippen molar-refractivity contribution in [1.29, 1.82) is 0 Å². The van der Waals surface area contributed by atoms with Gasteiger partial charge < -0.3 is 10.3 Å². The van der Waals surface area contributed by atoms with Crippen molar-refractivity contribution in [2.24, 2.45) is 0 Å². The number of anilines is 1. The average molecular weight is 448 g/mol. The summed E-state index contributed by atoms with van der Waals surface area (Å²) in [5.41, 5.74) is 3.22. The molecule has 5 rings (SSSR count). The average Bonchev–Trinajstić information content (AvgIpc) is 3.53. The zero-order valence-corrected chi connectivity index (χ0v) is 18.7. The van der Waals surface area contributed by atoms with E-state index in [0.29, 0.717) is 34.0 Å². The first-order valence-corrected chi connectivity index (χ1v) is 11.3. The fraction of sp³-hybridized carbons (Fsp3) is 0.375. The van der Waals surface area contributed by atoms with Crippen LogP contribution in [0.3, 0.4) is 0 Å². The fourth-order valence-corrected chi connectivity index (χ4v) is 4.38. The summed E-state index contributed by atoms with van der Waals surface area (Å²) in [5, 5.41) is 7.15. The van der Waals surface area contributed by atoms with Crippen LogP contribution < -0.4 is 5.32 Å². The molecule has 1 aromatic carbocycles. The lowest BCUT2D eigenvalue weighted by Gasteiger charge is -2.07. The summed E-state index contributed by atoms with van der Waals surface area (Å²) in [5.74, 6) is 0.994. The fourth-order valence-electron chi connectivity index (χ4n) is 4.38. The number of fused-ring (bicyclic) bond motifs is 1. The van der Waals surface area contributed by atoms with Gasteiger partial charge in [0.05, 0.1) is 12.6 Å². The van der Waals surface area contributed by atoms with Gasteiger partial charge in [-0.1, -0.05) is 18.9 Å². The summed E-state index contributed by atoms with van der Waals surface area (Å²) in [7, 11) is 0. The standard InChI is InChI=1S/C24H26FN7O/c1-14(2)32-12-18(11-28-32)17-7-15(8-19(25)10-17)9-20(33)29-23-21-24(27-13-26-23)31-22(30-21)16-5-3-4-6-16/h7-8,10-14,16H,3-6,9H2,1-2H3,(H2,26,27,29,30,31,33). The number of aromatic nitrogens is 6. The van der Waals surface area contributed by atoms with Gasteiger partial charge in [0.15, 0.2) is 11.5 Å². The number of hydrogen-bond donors (Lipinski definition) is 2. The van der Waals surface area contributed by atoms with Crippen molar-refractivity contribution in [3.05, 3.63) is 54.1 Å². The van der Waals surface area contributed by atoms with Crippen LogP contribution in [0, 0.1) is 5.82 Å². The molecule has 1 amide bonds. The Hall–Kier alpha value is -3.62. The molecule has 9 heteroatoms. The molecule has 170 valence electrons. The van der Waals surface area contributed by atoms with Crippen LogP contribution in [0.25, 0.3) is 22.3 Å². The van der Waals surface area contributed by atoms with Crippen LogP contribution in [0.2, 0.25) is 0 Å². The number of carbonyl (C=O) groups excluding carboxylic acids is 1. The maximum atomic E-state index is 14.3. The van der Waals surface area contributed by atoms with E-state index in [2.05, 4.69) is 30.4 Å². The summed E-state index contributed by atoms with van der Waals surface area (Å²) in [6.07, 6.45) is 9.59. The summed E-state index contributed by atoms with van der Waals surface area (Å²) >= 11 is 0. The molecule has 0 saturated heterocycles. The van der Waals surface area contributed by atoms with Crippen molar-refractivity contribution in [3.8, 4) is 11.1 Å². The number of H-pyrrole nitrogens is 1. The molecule has 1 fully saturated rings. The molecule has 2 N–H and O–H groups in total. The van der Waals surface area contributed by atoms with Crippen LogP contribution in [-0.2, 0) is 11.2 Å². The maximum Gasteiger partial charge on any atom is 0.230 e. The minimum absolute atomic E-state index is 0.0121. The Labute approximate surface area is 190 Å². The Morgan fingerprint density at radius 3 is 2.79 bits per heavy atom. The SMILES string of the molecule is CC(C)n1cc(-c2cc(F)cc(CC(=O)Nc3ncnc4nc(C5CCCC5)[nH]c34)c2)cn1. The Bertz CT molecular complexity index is 1300. The number of amides is 1. The maximum absolute atomic E-state index is 14.3. The van der Waals surface area contributed by atoms with Crippen LogP contribution >= 0.6 is 0 Å². The van der Waals surface area contributed by atoms with Crippen molar-refractivity contribution in [1.82, 2.24) is 29.7 Å². The first-order valence-electron chi connectivity index (χ1n) is 11.3. The molecule has 0 atom stereocenters. The van der Waals surface area contributed by atoms with Crippen molar-refractivity contribution in [2.75, 3.05) is 5.32 Å². The van der Waals surface area contributed by atoms with Gasteiger partial charge in [-0.3, -0.25) is 9.48 Å². The number of nitrogens with one attached hydrogen (secondary N) is 2. The number of imidazole rings is 1. The molecule has 3 aromatic heterocycles. The summed E-state index contributed by atoms with van der Waals surface area (Å²) in [6, 6.07) is 4.85. The highest BCUT2D eigenvalue weighted by Crippen LogP contribution is 2.33. The molecular formula is C24H26FN7O. The molecule has 0 bridgehead atoms. The third-order valence-corrected chi connectivity index (χ3v) is 6.09. The van der Waals surface area contributed by atoms with Crippen molar-refractivity contribution in [2.45, 2.75) is 57.9 Å². The number of aromatic amines is 1. The summed E-state index contributed by atoms with van der Waals surface area (Å²) < 4.78 is 16.1. The van der Waals surface area contributed by atoms with E-state index in [4.69, 9.17) is 0 Å². The smallest absolute Gasteiger partial charge is 0.230 e. The normalized spacial score (nSPS) is 14.4. The summed E-state index contributed by atoms with van der Waals surface area (Å²) in [4.78, 5) is 29.2. The molecular weight excluding hydrogens is 421 g/mol. The van der Waals surface area contributed by atoms with E-state index in [-0.39, 0.29) is 18.4 Å². The molecule has 4 aromatic rings. The van der Waals surface area contributed by atoms with E-state index < -0.39 is 5.82 Å². The Morgan fingerprint density at radius 1 is 1.21 bits per heavy atom. The molecule has 0 radical (unpaired) electrons. The van der Waals surface area contributed by atoms with Crippen LogP contribution in [0.4, 0.5) is 10.2 Å². The monoisotopic (exact) mass is 447 g/mol. The topological polar surface area (TPSA) is 101 Å². The van der Waals surface area contributed by atoms with Crippen LogP contribution in [0.1, 0.15) is 62.9 Å². The van der Waals surface area contributed by atoms with E-state index in [1.54, 1.807) is 6.20 Å². The van der Waals surface area contributed by atoms with Crippen molar-refractivity contribution in [3.63, 3.8) is 0 Å². The van der Waals surface area contributed by atoms with E-state index in [1.165, 1.54) is 31.3 Å². The van der Waals surface area contributed by atoms with E-state index >= 15 is 0 Å². The predicted octanol–water partition coefficient (Wildman–Crippen LogP) is 4.78. The van der Waals surface area contributed by atoms with E-state index in [9.17, 15) is 9.18 Å². The first-order chi connectivity index (χ1) is 16.0. The first kappa shape index (κ1) is 21.2. The summed E-state index contributed by atoms with van der Waals surface area (Å²) in [6.45, 7) is 4.05. The molecule has 1 aliphatic carbocycles. The third-order valence-electron chi connectivity index (χ3n) is 6.09. The van der Waals surface area contributed by atoms with Crippen molar-refractivity contribution >= 4 is 22.9 Å². The van der Waals surface area contributed by atoms with Gasteiger partial charge in [-0.05, 0) is 49.9 Å². The Balaban J connectivity index is 1.35. The number of halogens is 1. The quantitative estimate of drug-likeness (QED) is 0.443. The van der Waals surface area contributed by atoms with Crippen LogP contribution in [0.5, 0.6) is 0 Å². The van der Waals surface area contributed by atoms with Crippen LogP contribution in [0.15, 0.2) is 36.9 Å². The molecule has 0 spiro atoms. The molecule has 8 nitrogen and oxygen atoms in total. The second kappa shape index (κ2) is 8.73. The van der Waals surface area contributed by atoms with Crippen molar-refractivity contribution < 1.29 is 9.18 Å². The number of carbonyl (C=O) groups is 1. The number of benzene rings is 1. The van der Waals surface area contributed by atoms with Gasteiger partial charge in [0, 0.05) is 23.7 Å². The Morgan fingerprint density at radius 2 is 2.03 bits per heavy atom. The minimum Gasteiger partial charge on any atom is -0.337 e.